The fourth-order valence-electron chi connectivity index (χ4n) is 2.62. The summed E-state index contributed by atoms with van der Waals surface area (Å²) in [6.45, 7) is 5.35. The number of rotatable bonds is 13. The van der Waals surface area contributed by atoms with Gasteiger partial charge in [-0.2, -0.15) is 0 Å². The lowest BCUT2D eigenvalue weighted by Crippen LogP contribution is -2.38. The van der Waals surface area contributed by atoms with Crippen LogP contribution in [0.5, 0.6) is 5.75 Å². The molecule has 0 heterocycles. The lowest BCUT2D eigenvalue weighted by Gasteiger charge is -2.12. The second-order valence-corrected chi connectivity index (χ2v) is 6.85. The number of carbonyl (C=O) groups is 1. The Morgan fingerprint density at radius 1 is 1.14 bits per heavy atom. The zero-order valence-corrected chi connectivity index (χ0v) is 19.9. The molecule has 1 fully saturated rings. The molecule has 7 nitrogen and oxygen atoms in total. The molecule has 1 aliphatic carbocycles. The van der Waals surface area contributed by atoms with Crippen molar-refractivity contribution in [3.05, 3.63) is 29.8 Å². The number of guanidine groups is 1. The third kappa shape index (κ3) is 11.9. The van der Waals surface area contributed by atoms with E-state index in [1.54, 1.807) is 7.05 Å². The molecular formula is C21H35IN4O3. The number of aliphatic imine (C=N–C) groups is 1. The Balaban J connectivity index is 0.00000420. The average molecular weight is 518 g/mol. The van der Waals surface area contributed by atoms with Gasteiger partial charge in [0, 0.05) is 39.4 Å². The van der Waals surface area contributed by atoms with Gasteiger partial charge in [0.05, 0.1) is 0 Å². The molecule has 1 saturated carbocycles. The minimum absolute atomic E-state index is 0. The maximum atomic E-state index is 11.6. The fraction of sp³-hybridized carbons (Fsp3) is 0.619. The molecule has 1 aromatic carbocycles. The van der Waals surface area contributed by atoms with E-state index in [9.17, 15) is 4.79 Å². The van der Waals surface area contributed by atoms with Crippen molar-refractivity contribution in [2.45, 2.75) is 45.1 Å². The standard InChI is InChI=1S/C21H34N4O3.HI/c1-3-27-15-5-4-13-23-21(22-2)24-14-12-17-6-10-19(11-7-17)28-16-20(26)25-18-8-9-18;/h6-7,10-11,18H,3-5,8-9,12-16H2,1-2H3,(H,25,26)(H2,22,23,24);1H. The molecule has 0 atom stereocenters. The number of ether oxygens (including phenoxy) is 2. The number of nitrogens with one attached hydrogen (secondary N) is 3. The highest BCUT2D eigenvalue weighted by molar-refractivity contribution is 14.0. The molecule has 29 heavy (non-hydrogen) atoms. The first-order valence-electron chi connectivity index (χ1n) is 10.2. The Hall–Kier alpha value is -1.55. The average Bonchev–Trinajstić information content (AvgIpc) is 3.52. The molecule has 1 aliphatic rings. The van der Waals surface area contributed by atoms with E-state index in [1.807, 2.05) is 31.2 Å². The van der Waals surface area contributed by atoms with E-state index in [-0.39, 0.29) is 36.5 Å². The molecule has 1 aromatic rings. The third-order valence-corrected chi connectivity index (χ3v) is 4.38. The SMILES string of the molecule is CCOCCCCNC(=NC)NCCc1ccc(OCC(=O)NC2CC2)cc1.I. The van der Waals surface area contributed by atoms with Crippen LogP contribution in [0.4, 0.5) is 0 Å². The van der Waals surface area contributed by atoms with Crippen LogP contribution < -0.4 is 20.7 Å². The summed E-state index contributed by atoms with van der Waals surface area (Å²) in [4.78, 5) is 15.9. The highest BCUT2D eigenvalue weighted by Gasteiger charge is 2.23. The Bertz CT molecular complexity index is 606. The summed E-state index contributed by atoms with van der Waals surface area (Å²) in [5.41, 5.74) is 1.20. The molecule has 0 spiro atoms. The van der Waals surface area contributed by atoms with Crippen molar-refractivity contribution >= 4 is 35.8 Å². The van der Waals surface area contributed by atoms with Crippen LogP contribution in [0.2, 0.25) is 0 Å². The molecular weight excluding hydrogens is 483 g/mol. The summed E-state index contributed by atoms with van der Waals surface area (Å²) in [6, 6.07) is 8.24. The minimum atomic E-state index is -0.0486. The summed E-state index contributed by atoms with van der Waals surface area (Å²) >= 11 is 0. The molecule has 2 rings (SSSR count). The summed E-state index contributed by atoms with van der Waals surface area (Å²) in [6.07, 6.45) is 5.16. The van der Waals surface area contributed by atoms with E-state index in [0.29, 0.717) is 11.8 Å². The second-order valence-electron chi connectivity index (χ2n) is 6.85. The van der Waals surface area contributed by atoms with Gasteiger partial charge in [0.1, 0.15) is 5.75 Å². The van der Waals surface area contributed by atoms with Gasteiger partial charge in [-0.1, -0.05) is 12.1 Å². The fourth-order valence-corrected chi connectivity index (χ4v) is 2.62. The van der Waals surface area contributed by atoms with Gasteiger partial charge in [0.15, 0.2) is 12.6 Å². The first-order chi connectivity index (χ1) is 13.7. The number of hydrogen-bond donors (Lipinski definition) is 3. The van der Waals surface area contributed by atoms with Crippen LogP contribution in [0.3, 0.4) is 0 Å². The largest absolute Gasteiger partial charge is 0.484 e. The molecule has 0 bridgehead atoms. The summed E-state index contributed by atoms with van der Waals surface area (Å²) in [5.74, 6) is 1.48. The first kappa shape index (κ1) is 25.5. The maximum Gasteiger partial charge on any atom is 0.258 e. The van der Waals surface area contributed by atoms with E-state index >= 15 is 0 Å². The van der Waals surface area contributed by atoms with Crippen molar-refractivity contribution in [3.8, 4) is 5.75 Å². The summed E-state index contributed by atoms with van der Waals surface area (Å²) < 4.78 is 10.9. The minimum Gasteiger partial charge on any atom is -0.484 e. The van der Waals surface area contributed by atoms with Crippen LogP contribution in [-0.2, 0) is 16.0 Å². The molecule has 0 aliphatic heterocycles. The van der Waals surface area contributed by atoms with E-state index in [2.05, 4.69) is 20.9 Å². The smallest absolute Gasteiger partial charge is 0.258 e. The third-order valence-electron chi connectivity index (χ3n) is 4.38. The van der Waals surface area contributed by atoms with Gasteiger partial charge in [-0.3, -0.25) is 9.79 Å². The monoisotopic (exact) mass is 518 g/mol. The van der Waals surface area contributed by atoms with Crippen molar-refractivity contribution in [2.75, 3.05) is 40.0 Å². The Morgan fingerprint density at radius 2 is 1.86 bits per heavy atom. The topological polar surface area (TPSA) is 84.0 Å². The van der Waals surface area contributed by atoms with Crippen LogP contribution in [0, 0.1) is 0 Å². The zero-order chi connectivity index (χ0) is 20.0. The number of nitrogens with zero attached hydrogens (tertiary/aromatic N) is 1. The Kier molecular flexibility index (Phi) is 13.5. The van der Waals surface area contributed by atoms with Crippen LogP contribution >= 0.6 is 24.0 Å². The number of carbonyl (C=O) groups excluding carboxylic acids is 1. The lowest BCUT2D eigenvalue weighted by atomic mass is 10.1. The zero-order valence-electron chi connectivity index (χ0n) is 17.5. The Labute approximate surface area is 191 Å². The van der Waals surface area contributed by atoms with Crippen molar-refractivity contribution in [2.24, 2.45) is 4.99 Å². The number of halogens is 1. The molecule has 164 valence electrons. The van der Waals surface area contributed by atoms with Crippen LogP contribution in [0.25, 0.3) is 0 Å². The summed E-state index contributed by atoms with van der Waals surface area (Å²) in [5, 5.41) is 9.55. The van der Waals surface area contributed by atoms with Gasteiger partial charge in [0.2, 0.25) is 0 Å². The molecule has 3 N–H and O–H groups in total. The predicted octanol–water partition coefficient (Wildman–Crippen LogP) is 2.49. The molecule has 8 heteroatoms. The van der Waals surface area contributed by atoms with Gasteiger partial charge in [0.25, 0.3) is 5.91 Å². The molecule has 0 aromatic heterocycles. The number of benzene rings is 1. The van der Waals surface area contributed by atoms with E-state index in [1.165, 1.54) is 5.56 Å². The molecule has 0 saturated heterocycles. The van der Waals surface area contributed by atoms with E-state index in [4.69, 9.17) is 9.47 Å². The van der Waals surface area contributed by atoms with E-state index < -0.39 is 0 Å². The quantitative estimate of drug-likeness (QED) is 0.162. The Morgan fingerprint density at radius 3 is 2.52 bits per heavy atom. The van der Waals surface area contributed by atoms with Crippen molar-refractivity contribution < 1.29 is 14.3 Å². The number of amides is 1. The van der Waals surface area contributed by atoms with Crippen LogP contribution in [-0.4, -0.2) is 57.9 Å². The van der Waals surface area contributed by atoms with Crippen molar-refractivity contribution in [1.82, 2.24) is 16.0 Å². The predicted molar refractivity (Wildman–Crippen MR) is 127 cm³/mol. The van der Waals surface area contributed by atoms with Gasteiger partial charge >= 0.3 is 0 Å². The number of hydrogen-bond acceptors (Lipinski definition) is 4. The van der Waals surface area contributed by atoms with Gasteiger partial charge in [-0.15, -0.1) is 24.0 Å². The lowest BCUT2D eigenvalue weighted by molar-refractivity contribution is -0.123. The van der Waals surface area contributed by atoms with Crippen molar-refractivity contribution in [1.29, 1.82) is 0 Å². The first-order valence-corrected chi connectivity index (χ1v) is 10.2. The second kappa shape index (κ2) is 15.3. The van der Waals surface area contributed by atoms with Gasteiger partial charge < -0.3 is 25.4 Å². The van der Waals surface area contributed by atoms with E-state index in [0.717, 1.165) is 64.4 Å². The molecule has 0 unspecified atom stereocenters. The maximum absolute atomic E-state index is 11.6. The molecule has 1 amide bonds. The number of unbranched alkanes of at least 4 members (excludes halogenated alkanes) is 1. The van der Waals surface area contributed by atoms with Crippen LogP contribution in [0.15, 0.2) is 29.3 Å². The normalized spacial score (nSPS) is 13.4. The molecule has 0 radical (unpaired) electrons. The van der Waals surface area contributed by atoms with Crippen LogP contribution in [0.1, 0.15) is 38.2 Å². The van der Waals surface area contributed by atoms with Gasteiger partial charge in [-0.25, -0.2) is 0 Å². The highest BCUT2D eigenvalue weighted by atomic mass is 127. The highest BCUT2D eigenvalue weighted by Crippen LogP contribution is 2.18. The summed E-state index contributed by atoms with van der Waals surface area (Å²) in [7, 11) is 1.78. The van der Waals surface area contributed by atoms with Crippen molar-refractivity contribution in [3.63, 3.8) is 0 Å². The van der Waals surface area contributed by atoms with Gasteiger partial charge in [-0.05, 0) is 56.7 Å².